The van der Waals surface area contributed by atoms with Crippen LogP contribution in [0.4, 0.5) is 17.6 Å². The van der Waals surface area contributed by atoms with Crippen LogP contribution in [0, 0.1) is 5.82 Å². The van der Waals surface area contributed by atoms with Gasteiger partial charge in [-0.3, -0.25) is 14.8 Å². The summed E-state index contributed by atoms with van der Waals surface area (Å²) < 4.78 is 54.1. The summed E-state index contributed by atoms with van der Waals surface area (Å²) >= 11 is 0. The van der Waals surface area contributed by atoms with Gasteiger partial charge in [0.2, 0.25) is 0 Å². The zero-order chi connectivity index (χ0) is 26.2. The smallest absolute Gasteiger partial charge is 0.393 e. The lowest BCUT2D eigenvalue weighted by atomic mass is 10.0. The number of carbonyl (C=O) groups is 1. The number of carbonyl (C=O) groups excluding carboxylic acids is 1. The van der Waals surface area contributed by atoms with Crippen molar-refractivity contribution in [2.75, 3.05) is 6.54 Å². The van der Waals surface area contributed by atoms with Crippen LogP contribution in [0.5, 0.6) is 0 Å². The number of nitrogens with zero attached hydrogens (tertiary/aromatic N) is 4. The molecule has 190 valence electrons. The number of aromatic nitrogens is 1. The molecule has 1 aromatic heterocycles. The average Bonchev–Trinajstić information content (AvgIpc) is 3.17. The summed E-state index contributed by atoms with van der Waals surface area (Å²) in [5.41, 5.74) is 0.268. The van der Waals surface area contributed by atoms with E-state index in [1.54, 1.807) is 36.3 Å². The zero-order valence-electron chi connectivity index (χ0n) is 19.8. The highest BCUT2D eigenvalue weighted by Crippen LogP contribution is 2.34. The van der Waals surface area contributed by atoms with Gasteiger partial charge in [0.25, 0.3) is 5.91 Å². The van der Waals surface area contributed by atoms with E-state index in [-0.39, 0.29) is 17.2 Å². The SMILES string of the molecule is CC(O)Cc1cc(C2=NN3C[C@@H](C)N=C3C(C(=O)N[C@H](C)c3cccc(C(F)(F)F)c3F)=C2)ccn1. The molecular weight excluding hydrogens is 478 g/mol. The van der Waals surface area contributed by atoms with Crippen LogP contribution < -0.4 is 5.32 Å². The monoisotopic (exact) mass is 503 g/mol. The highest BCUT2D eigenvalue weighted by atomic mass is 19.4. The summed E-state index contributed by atoms with van der Waals surface area (Å²) in [5.74, 6) is -1.71. The summed E-state index contributed by atoms with van der Waals surface area (Å²) in [7, 11) is 0. The molecular formula is C25H25F4N5O2. The number of allylic oxidation sites excluding steroid dienone is 1. The van der Waals surface area contributed by atoms with Crippen molar-refractivity contribution in [1.29, 1.82) is 0 Å². The maximum atomic E-state index is 14.6. The Bertz CT molecular complexity index is 1270. The molecule has 4 rings (SSSR count). The van der Waals surface area contributed by atoms with Crippen molar-refractivity contribution in [1.82, 2.24) is 15.3 Å². The molecule has 11 heteroatoms. The van der Waals surface area contributed by atoms with E-state index in [2.05, 4.69) is 20.4 Å². The number of aliphatic hydroxyl groups is 1. The molecule has 2 N–H and O–H groups in total. The number of nitrogens with one attached hydrogen (secondary N) is 1. The first-order valence-electron chi connectivity index (χ1n) is 11.4. The third-order valence-corrected chi connectivity index (χ3v) is 5.78. The first kappa shape index (κ1) is 25.5. The standard InChI is InChI=1S/C25H25F4N5O2/c1-13-12-34-23(31-13)19(11-21(33-34)16-7-8-30-17(10-16)9-14(2)35)24(36)32-15(3)18-5-4-6-20(22(18)26)25(27,28)29/h4-8,10-11,13-15,35H,9,12H2,1-3H3,(H,32,36)/t13-,14?,15-/m1/s1. The fourth-order valence-electron chi connectivity index (χ4n) is 4.13. The number of hydrogen-bond donors (Lipinski definition) is 2. The summed E-state index contributed by atoms with van der Waals surface area (Å²) in [5, 5.41) is 18.5. The Labute approximate surface area is 205 Å². The molecule has 36 heavy (non-hydrogen) atoms. The van der Waals surface area contributed by atoms with E-state index in [0.29, 0.717) is 41.8 Å². The van der Waals surface area contributed by atoms with E-state index in [9.17, 15) is 27.5 Å². The maximum Gasteiger partial charge on any atom is 0.419 e. The topological polar surface area (TPSA) is 90.2 Å². The molecule has 0 fully saturated rings. The van der Waals surface area contributed by atoms with E-state index in [1.165, 1.54) is 13.0 Å². The van der Waals surface area contributed by atoms with Gasteiger partial charge in [0, 0.05) is 29.4 Å². The number of alkyl halides is 3. The minimum absolute atomic E-state index is 0.138. The van der Waals surface area contributed by atoms with Gasteiger partial charge in [-0.1, -0.05) is 12.1 Å². The van der Waals surface area contributed by atoms with Crippen molar-refractivity contribution < 1.29 is 27.5 Å². The van der Waals surface area contributed by atoms with Crippen LogP contribution in [0.25, 0.3) is 0 Å². The van der Waals surface area contributed by atoms with Crippen LogP contribution in [-0.2, 0) is 17.4 Å². The van der Waals surface area contributed by atoms with Gasteiger partial charge in [0.1, 0.15) is 5.82 Å². The van der Waals surface area contributed by atoms with Crippen molar-refractivity contribution in [3.05, 3.63) is 76.4 Å². The van der Waals surface area contributed by atoms with Crippen LogP contribution >= 0.6 is 0 Å². The van der Waals surface area contributed by atoms with E-state index >= 15 is 0 Å². The quantitative estimate of drug-likeness (QED) is 0.587. The Morgan fingerprint density at radius 2 is 2.03 bits per heavy atom. The van der Waals surface area contributed by atoms with Gasteiger partial charge in [-0.15, -0.1) is 0 Å². The highest BCUT2D eigenvalue weighted by molar-refractivity contribution is 6.28. The molecule has 0 radical (unpaired) electrons. The number of aliphatic hydroxyl groups excluding tert-OH is 1. The van der Waals surface area contributed by atoms with Gasteiger partial charge in [-0.25, -0.2) is 9.40 Å². The van der Waals surface area contributed by atoms with Gasteiger partial charge in [0.05, 0.1) is 41.6 Å². The van der Waals surface area contributed by atoms with Crippen molar-refractivity contribution >= 4 is 17.5 Å². The molecule has 0 bridgehead atoms. The Morgan fingerprint density at radius 1 is 1.28 bits per heavy atom. The third-order valence-electron chi connectivity index (χ3n) is 5.78. The van der Waals surface area contributed by atoms with E-state index in [0.717, 1.165) is 6.07 Å². The van der Waals surface area contributed by atoms with Crippen LogP contribution in [-0.4, -0.2) is 51.2 Å². The molecule has 0 aliphatic carbocycles. The molecule has 1 aromatic carbocycles. The normalized spacial score (nSPS) is 19.2. The molecule has 1 amide bonds. The Hall–Kier alpha value is -3.60. The molecule has 2 aliphatic rings. The van der Waals surface area contributed by atoms with E-state index in [1.807, 2.05) is 6.92 Å². The molecule has 1 unspecified atom stereocenters. The molecule has 0 saturated heterocycles. The molecule has 0 spiro atoms. The van der Waals surface area contributed by atoms with E-state index in [4.69, 9.17) is 0 Å². The Kier molecular flexibility index (Phi) is 6.94. The molecule has 3 atom stereocenters. The zero-order valence-corrected chi connectivity index (χ0v) is 19.8. The molecule has 2 aromatic rings. The predicted octanol–water partition coefficient (Wildman–Crippen LogP) is 3.79. The van der Waals surface area contributed by atoms with Crippen molar-refractivity contribution in [2.24, 2.45) is 10.1 Å². The lowest BCUT2D eigenvalue weighted by Gasteiger charge is -2.24. The lowest BCUT2D eigenvalue weighted by molar-refractivity contribution is -0.140. The minimum Gasteiger partial charge on any atom is -0.393 e. The summed E-state index contributed by atoms with van der Waals surface area (Å²) in [4.78, 5) is 22.0. The number of fused-ring (bicyclic) bond motifs is 1. The van der Waals surface area contributed by atoms with Gasteiger partial charge in [-0.2, -0.15) is 18.3 Å². The molecule has 0 saturated carbocycles. The largest absolute Gasteiger partial charge is 0.419 e. The third kappa shape index (κ3) is 5.30. The number of aliphatic imine (C=N–C) groups is 1. The minimum atomic E-state index is -4.85. The first-order valence-corrected chi connectivity index (χ1v) is 11.4. The second kappa shape index (κ2) is 9.81. The number of pyridine rings is 1. The first-order chi connectivity index (χ1) is 16.9. The van der Waals surface area contributed by atoms with Crippen molar-refractivity contribution in [3.63, 3.8) is 0 Å². The fourth-order valence-corrected chi connectivity index (χ4v) is 4.13. The number of benzene rings is 1. The Balaban J connectivity index is 1.64. The number of hydrazone groups is 1. The van der Waals surface area contributed by atoms with Crippen LogP contribution in [0.2, 0.25) is 0 Å². The number of hydrogen-bond acceptors (Lipinski definition) is 6. The van der Waals surface area contributed by atoms with Gasteiger partial charge in [-0.05, 0) is 45.0 Å². The number of amidine groups is 1. The predicted molar refractivity (Wildman–Crippen MR) is 126 cm³/mol. The number of rotatable bonds is 6. The Morgan fingerprint density at radius 3 is 2.72 bits per heavy atom. The second-order valence-electron chi connectivity index (χ2n) is 8.92. The molecule has 3 heterocycles. The van der Waals surface area contributed by atoms with Gasteiger partial charge < -0.3 is 10.4 Å². The van der Waals surface area contributed by atoms with Gasteiger partial charge >= 0.3 is 6.18 Å². The van der Waals surface area contributed by atoms with E-state index < -0.39 is 35.6 Å². The molecule has 2 aliphatic heterocycles. The maximum absolute atomic E-state index is 14.6. The van der Waals surface area contributed by atoms with Crippen molar-refractivity contribution in [2.45, 2.75) is 51.6 Å². The van der Waals surface area contributed by atoms with Gasteiger partial charge in [0.15, 0.2) is 5.84 Å². The lowest BCUT2D eigenvalue weighted by Crippen LogP contribution is -2.38. The fraction of sp³-hybridized carbons (Fsp3) is 0.360. The summed E-state index contributed by atoms with van der Waals surface area (Å²) in [6.07, 6.45) is -1.98. The highest BCUT2D eigenvalue weighted by Gasteiger charge is 2.36. The summed E-state index contributed by atoms with van der Waals surface area (Å²) in [6, 6.07) is 5.27. The summed E-state index contributed by atoms with van der Waals surface area (Å²) in [6.45, 7) is 5.37. The average molecular weight is 504 g/mol. The molecule has 7 nitrogen and oxygen atoms in total. The number of amides is 1. The van der Waals surface area contributed by atoms with Crippen LogP contribution in [0.3, 0.4) is 0 Å². The van der Waals surface area contributed by atoms with Crippen molar-refractivity contribution in [3.8, 4) is 0 Å². The van der Waals surface area contributed by atoms with Crippen LogP contribution in [0.1, 0.15) is 49.2 Å². The second-order valence-corrected chi connectivity index (χ2v) is 8.92. The number of halogens is 4. The van der Waals surface area contributed by atoms with Crippen LogP contribution in [0.15, 0.2) is 58.3 Å².